The summed E-state index contributed by atoms with van der Waals surface area (Å²) in [7, 11) is -4.67. The average Bonchev–Trinajstić information content (AvgIpc) is 0.722. The van der Waals surface area contributed by atoms with Gasteiger partial charge in [-0.1, -0.05) is 0 Å². The molecule has 7 heteroatoms. The topological polar surface area (TPSA) is 106 Å². The molecule has 0 saturated heterocycles. The first-order chi connectivity index (χ1) is 2.00. The van der Waals surface area contributed by atoms with Crippen molar-refractivity contribution in [3.05, 3.63) is 0 Å². The van der Waals surface area contributed by atoms with Gasteiger partial charge in [0.1, 0.15) is 0 Å². The molecular weight excluding hydrogens is 249 g/mol. The summed E-state index contributed by atoms with van der Waals surface area (Å²) in [6, 6.07) is 0. The maximum absolute atomic E-state index is 8.74. The van der Waals surface area contributed by atoms with Crippen molar-refractivity contribution >= 4 is 59.3 Å². The third-order valence-electron chi connectivity index (χ3n) is 0. The van der Waals surface area contributed by atoms with Crippen LogP contribution in [0.15, 0.2) is 0 Å². The van der Waals surface area contributed by atoms with E-state index in [9.17, 15) is 0 Å². The van der Waals surface area contributed by atoms with E-state index < -0.39 is 10.4 Å². The van der Waals surface area contributed by atoms with Gasteiger partial charge in [0.2, 0.25) is 0 Å². The van der Waals surface area contributed by atoms with E-state index in [1.165, 1.54) is 0 Å². The van der Waals surface area contributed by atoms with Crippen molar-refractivity contribution in [1.29, 1.82) is 0 Å². The van der Waals surface area contributed by atoms with Gasteiger partial charge in [0, 0.05) is 0 Å². The van der Waals surface area contributed by atoms with E-state index in [0.29, 0.717) is 0 Å². The van der Waals surface area contributed by atoms with E-state index in [1.807, 2.05) is 0 Å². The summed E-state index contributed by atoms with van der Waals surface area (Å²) in [5, 5.41) is 0. The third-order valence-corrected chi connectivity index (χ3v) is 0. The summed E-state index contributed by atoms with van der Waals surface area (Å²) in [4.78, 5) is 0. The van der Waals surface area contributed by atoms with E-state index in [4.69, 9.17) is 17.5 Å². The summed E-state index contributed by atoms with van der Waals surface area (Å²) in [5.41, 5.74) is 0. The molecule has 0 rings (SSSR count). The molecule has 0 aliphatic rings. The molecule has 0 aliphatic heterocycles. The van der Waals surface area contributed by atoms with E-state index in [2.05, 4.69) is 0 Å². The third kappa shape index (κ3) is 110. The molecule has 0 aromatic rings. The summed E-state index contributed by atoms with van der Waals surface area (Å²) >= 11 is 0. The van der Waals surface area contributed by atoms with Crippen molar-refractivity contribution < 1.29 is 25.9 Å². The van der Waals surface area contributed by atoms with Gasteiger partial charge in [-0.05, 0) is 0 Å². The van der Waals surface area contributed by atoms with Crippen LogP contribution in [-0.4, -0.2) is 71.9 Å². The Kier molecular flexibility index (Phi) is 12.5. The molecule has 0 bridgehead atoms. The van der Waals surface area contributed by atoms with Crippen molar-refractivity contribution in [2.24, 2.45) is 0 Å². The van der Waals surface area contributed by atoms with Gasteiger partial charge in [-0.3, -0.25) is 9.11 Å². The zero-order chi connectivity index (χ0) is 4.50. The zero-order valence-corrected chi connectivity index (χ0v) is 8.58. The molecule has 5 nitrogen and oxygen atoms in total. The van der Waals surface area contributed by atoms with Crippen LogP contribution in [0.3, 0.4) is 0 Å². The van der Waals surface area contributed by atoms with Gasteiger partial charge in [-0.2, -0.15) is 8.42 Å². The molecule has 4 N–H and O–H groups in total. The molecule has 0 aliphatic carbocycles. The van der Waals surface area contributed by atoms with Gasteiger partial charge < -0.3 is 8.33 Å². The Morgan fingerprint density at radius 1 is 1.29 bits per heavy atom. The van der Waals surface area contributed by atoms with E-state index >= 15 is 0 Å². The normalized spacial score (nSPS) is 8.29. The smallest absolute Gasteiger partial charge is 1.00 e. The van der Waals surface area contributed by atoms with Crippen LogP contribution in [-0.2, 0) is 10.4 Å². The van der Waals surface area contributed by atoms with Crippen molar-refractivity contribution in [2.45, 2.75) is 0 Å². The minimum absolute atomic E-state index is 0. The van der Waals surface area contributed by atoms with Crippen LogP contribution < -0.4 is 0 Å². The van der Waals surface area contributed by atoms with E-state index in [0.717, 1.165) is 0 Å². The fourth-order valence-electron chi connectivity index (χ4n) is 0. The van der Waals surface area contributed by atoms with Crippen molar-refractivity contribution in [3.63, 3.8) is 0 Å². The molecule has 0 radical (unpaired) electrons. The fourth-order valence-corrected chi connectivity index (χ4v) is 0. The number of hydrogen-bond acceptors (Lipinski definition) is 2. The first kappa shape index (κ1) is 15.8. The summed E-state index contributed by atoms with van der Waals surface area (Å²) < 4.78 is 31.6. The van der Waals surface area contributed by atoms with Gasteiger partial charge >= 0.3 is 59.3 Å². The Morgan fingerprint density at radius 2 is 1.29 bits per heavy atom. The van der Waals surface area contributed by atoms with E-state index in [-0.39, 0.29) is 57.2 Å². The molecule has 0 aromatic heterocycles. The Balaban J connectivity index is -0.0000000133. The molecule has 0 heterocycles. The van der Waals surface area contributed by atoms with Gasteiger partial charge in [0.25, 0.3) is 0 Å². The summed E-state index contributed by atoms with van der Waals surface area (Å²) in [5.74, 6) is 0. The van der Waals surface area contributed by atoms with Gasteiger partial charge in [-0.15, -0.1) is 0 Å². The molecule has 0 fully saturated rings. The molecule has 0 aromatic carbocycles. The SMILES string of the molecule is O.O=S(=O)(O)O.[Ba+2].[H-].[H-]. The maximum Gasteiger partial charge on any atom is 2.00 e. The first-order valence-corrected chi connectivity index (χ1v) is 2.10. The van der Waals surface area contributed by atoms with Crippen molar-refractivity contribution in [1.82, 2.24) is 0 Å². The quantitative estimate of drug-likeness (QED) is 0.400. The molecule has 0 unspecified atom stereocenters. The van der Waals surface area contributed by atoms with Gasteiger partial charge in [-0.25, -0.2) is 0 Å². The standard InChI is InChI=1S/Ba.H2O4S.H2O.2H/c;1-5(2,3)4;;;/h;(H2,1,2,3,4);1H2;;/q+2;;;2*-1. The average molecular weight is 255 g/mol. The molecule has 44 valence electrons. The number of rotatable bonds is 0. The Morgan fingerprint density at radius 3 is 1.29 bits per heavy atom. The minimum Gasteiger partial charge on any atom is -1.00 e. The van der Waals surface area contributed by atoms with Crippen LogP contribution in [0.25, 0.3) is 0 Å². The summed E-state index contributed by atoms with van der Waals surface area (Å²) in [6.45, 7) is 0. The van der Waals surface area contributed by atoms with Gasteiger partial charge in [0.05, 0.1) is 0 Å². The molecule has 0 saturated carbocycles. The van der Waals surface area contributed by atoms with Crippen LogP contribution in [0.4, 0.5) is 0 Å². The van der Waals surface area contributed by atoms with E-state index in [1.54, 1.807) is 0 Å². The molecule has 7 heavy (non-hydrogen) atoms. The Hall–Kier alpha value is 1.40. The second kappa shape index (κ2) is 5.54. The fraction of sp³-hybridized carbons (Fsp3) is 0. The Bertz CT molecular complexity index is 98.1. The van der Waals surface area contributed by atoms with Gasteiger partial charge in [0.15, 0.2) is 0 Å². The molecule has 0 spiro atoms. The van der Waals surface area contributed by atoms with Crippen LogP contribution >= 0.6 is 0 Å². The van der Waals surface area contributed by atoms with Crippen molar-refractivity contribution in [2.75, 3.05) is 0 Å². The second-order valence-electron chi connectivity index (χ2n) is 0.448. The first-order valence-electron chi connectivity index (χ1n) is 0.698. The van der Waals surface area contributed by atoms with Crippen LogP contribution in [0.5, 0.6) is 0 Å². The molecular formula is H6BaO5S. The molecule has 0 amide bonds. The Labute approximate surface area is 84.0 Å². The predicted molar refractivity (Wildman–Crippen MR) is 25.8 cm³/mol. The predicted octanol–water partition coefficient (Wildman–Crippen LogP) is -1.63. The summed E-state index contributed by atoms with van der Waals surface area (Å²) in [6.07, 6.45) is 0. The van der Waals surface area contributed by atoms with Crippen LogP contribution in [0.1, 0.15) is 2.85 Å². The zero-order valence-electron chi connectivity index (χ0n) is 5.33. The van der Waals surface area contributed by atoms with Crippen molar-refractivity contribution in [3.8, 4) is 0 Å². The minimum atomic E-state index is -4.67. The largest absolute Gasteiger partial charge is 2.00 e. The van der Waals surface area contributed by atoms with Crippen LogP contribution in [0, 0.1) is 0 Å². The van der Waals surface area contributed by atoms with Crippen LogP contribution in [0.2, 0.25) is 0 Å². The molecule has 0 atom stereocenters. The maximum atomic E-state index is 8.74. The second-order valence-corrected chi connectivity index (χ2v) is 1.34. The monoisotopic (exact) mass is 256 g/mol. The number of hydrogen-bond donors (Lipinski definition) is 2.